The Morgan fingerprint density at radius 3 is 2.83 bits per heavy atom. The third kappa shape index (κ3) is 2.83. The lowest BCUT2D eigenvalue weighted by Crippen LogP contribution is -2.02. The Morgan fingerprint density at radius 1 is 1.21 bits per heavy atom. The summed E-state index contributed by atoms with van der Waals surface area (Å²) in [6.45, 7) is 4.48. The molecule has 0 bridgehead atoms. The van der Waals surface area contributed by atoms with E-state index >= 15 is 0 Å². The average molecular weight is 381 g/mol. The van der Waals surface area contributed by atoms with Crippen LogP contribution >= 0.6 is 34.9 Å². The number of aromatic nitrogens is 4. The van der Waals surface area contributed by atoms with Gasteiger partial charge in [0, 0.05) is 15.9 Å². The summed E-state index contributed by atoms with van der Waals surface area (Å²) >= 11 is 5.11. The number of aliphatic hydroxyl groups excluding tert-OH is 1. The van der Waals surface area contributed by atoms with Crippen LogP contribution in [-0.4, -0.2) is 42.3 Å². The van der Waals surface area contributed by atoms with Crippen LogP contribution in [-0.2, 0) is 12.8 Å². The summed E-state index contributed by atoms with van der Waals surface area (Å²) in [7, 11) is 0. The lowest BCUT2D eigenvalue weighted by Gasteiger charge is -2.11. The predicted molar refractivity (Wildman–Crippen MR) is 102 cm³/mol. The standard InChI is InChI=1S/C16H20N4OS3/c1-9(2)23-15-17-14-12(10-5-3-4-6-11(10)24-14)13-18-19-16(20(13)15)22-8-7-21/h9,21H,3-8H2,1-2H3. The van der Waals surface area contributed by atoms with Gasteiger partial charge in [-0.15, -0.1) is 21.5 Å². The van der Waals surface area contributed by atoms with E-state index in [9.17, 15) is 0 Å². The molecule has 1 aliphatic carbocycles. The van der Waals surface area contributed by atoms with Gasteiger partial charge >= 0.3 is 0 Å². The van der Waals surface area contributed by atoms with E-state index < -0.39 is 0 Å². The average Bonchev–Trinajstić information content (AvgIpc) is 3.13. The van der Waals surface area contributed by atoms with Gasteiger partial charge in [-0.2, -0.15) is 0 Å². The van der Waals surface area contributed by atoms with Crippen LogP contribution in [0.15, 0.2) is 10.3 Å². The maximum Gasteiger partial charge on any atom is 0.197 e. The fourth-order valence-corrected chi connectivity index (χ4v) is 6.01. The minimum absolute atomic E-state index is 0.135. The fraction of sp³-hybridized carbons (Fsp3) is 0.562. The van der Waals surface area contributed by atoms with Crippen molar-refractivity contribution in [1.82, 2.24) is 19.6 Å². The summed E-state index contributed by atoms with van der Waals surface area (Å²) < 4.78 is 2.09. The summed E-state index contributed by atoms with van der Waals surface area (Å²) in [5.74, 6) is 0.617. The summed E-state index contributed by atoms with van der Waals surface area (Å²) in [5, 5.41) is 21.5. The Kier molecular flexibility index (Phi) is 4.73. The van der Waals surface area contributed by atoms with E-state index in [0.717, 1.165) is 33.6 Å². The molecule has 3 aromatic heterocycles. The maximum atomic E-state index is 9.15. The van der Waals surface area contributed by atoms with Crippen molar-refractivity contribution in [3.05, 3.63) is 10.4 Å². The number of aryl methyl sites for hydroxylation is 2. The first-order valence-electron chi connectivity index (χ1n) is 8.28. The molecule has 0 amide bonds. The van der Waals surface area contributed by atoms with E-state index in [1.54, 1.807) is 11.8 Å². The number of nitrogens with zero attached hydrogens (tertiary/aromatic N) is 4. The minimum Gasteiger partial charge on any atom is -0.396 e. The van der Waals surface area contributed by atoms with E-state index in [2.05, 4.69) is 28.4 Å². The SMILES string of the molecule is CC(C)Sc1nc2sc3c(c2c2nnc(SCCO)n12)CCCC3. The zero-order valence-electron chi connectivity index (χ0n) is 13.8. The molecule has 1 aliphatic rings. The fourth-order valence-electron chi connectivity index (χ4n) is 3.12. The molecule has 0 aliphatic heterocycles. The van der Waals surface area contributed by atoms with Gasteiger partial charge in [0.05, 0.1) is 12.0 Å². The number of hydrogen-bond donors (Lipinski definition) is 1. The van der Waals surface area contributed by atoms with Crippen molar-refractivity contribution in [2.24, 2.45) is 0 Å². The molecule has 0 spiro atoms. The molecule has 5 nitrogen and oxygen atoms in total. The molecule has 0 fully saturated rings. The van der Waals surface area contributed by atoms with Crippen molar-refractivity contribution in [2.75, 3.05) is 12.4 Å². The Morgan fingerprint density at radius 2 is 2.04 bits per heavy atom. The molecule has 0 atom stereocenters. The summed E-state index contributed by atoms with van der Waals surface area (Å²) in [5.41, 5.74) is 2.37. The first-order valence-corrected chi connectivity index (χ1v) is 11.0. The summed E-state index contributed by atoms with van der Waals surface area (Å²) in [4.78, 5) is 7.56. The van der Waals surface area contributed by atoms with Crippen molar-refractivity contribution in [3.8, 4) is 0 Å². The van der Waals surface area contributed by atoms with Crippen LogP contribution in [0.5, 0.6) is 0 Å². The molecule has 128 valence electrons. The van der Waals surface area contributed by atoms with Crippen LogP contribution < -0.4 is 0 Å². The number of thiophene rings is 1. The Hall–Kier alpha value is -0.830. The van der Waals surface area contributed by atoms with Crippen LogP contribution in [0.25, 0.3) is 15.9 Å². The second-order valence-corrected chi connectivity index (χ2v) is 9.86. The minimum atomic E-state index is 0.135. The summed E-state index contributed by atoms with van der Waals surface area (Å²) in [6.07, 6.45) is 4.80. The van der Waals surface area contributed by atoms with Crippen molar-refractivity contribution >= 4 is 50.7 Å². The van der Waals surface area contributed by atoms with Gasteiger partial charge in [-0.05, 0) is 31.2 Å². The molecule has 1 N–H and O–H groups in total. The highest BCUT2D eigenvalue weighted by molar-refractivity contribution is 8.00. The zero-order chi connectivity index (χ0) is 16.7. The molecule has 4 rings (SSSR count). The normalized spacial score (nSPS) is 14.8. The largest absolute Gasteiger partial charge is 0.396 e. The molecule has 0 unspecified atom stereocenters. The van der Waals surface area contributed by atoms with Gasteiger partial charge in [0.25, 0.3) is 0 Å². The molecule has 3 heterocycles. The van der Waals surface area contributed by atoms with E-state index in [1.165, 1.54) is 40.4 Å². The number of aliphatic hydroxyl groups is 1. The molecular formula is C16H20N4OS3. The van der Waals surface area contributed by atoms with Gasteiger partial charge < -0.3 is 5.11 Å². The zero-order valence-corrected chi connectivity index (χ0v) is 16.2. The van der Waals surface area contributed by atoms with E-state index in [4.69, 9.17) is 10.1 Å². The third-order valence-corrected chi connectivity index (χ3v) is 7.11. The van der Waals surface area contributed by atoms with Crippen LogP contribution in [0.2, 0.25) is 0 Å². The first-order chi connectivity index (χ1) is 11.7. The highest BCUT2D eigenvalue weighted by Crippen LogP contribution is 2.39. The Labute approximate surface area is 153 Å². The first kappa shape index (κ1) is 16.6. The molecule has 24 heavy (non-hydrogen) atoms. The van der Waals surface area contributed by atoms with E-state index in [-0.39, 0.29) is 6.61 Å². The van der Waals surface area contributed by atoms with Crippen molar-refractivity contribution in [2.45, 2.75) is 55.1 Å². The van der Waals surface area contributed by atoms with Gasteiger partial charge in [0.2, 0.25) is 0 Å². The number of fused-ring (bicyclic) bond motifs is 5. The monoisotopic (exact) mass is 380 g/mol. The number of thioether (sulfide) groups is 2. The molecule has 8 heteroatoms. The van der Waals surface area contributed by atoms with Crippen LogP contribution in [0.3, 0.4) is 0 Å². The summed E-state index contributed by atoms with van der Waals surface area (Å²) in [6, 6.07) is 0. The Bertz CT molecular complexity index is 887. The van der Waals surface area contributed by atoms with E-state index in [1.807, 2.05) is 11.3 Å². The predicted octanol–water partition coefficient (Wildman–Crippen LogP) is 3.80. The van der Waals surface area contributed by atoms with Gasteiger partial charge in [-0.25, -0.2) is 9.38 Å². The second-order valence-electron chi connectivity index (χ2n) is 6.17. The van der Waals surface area contributed by atoms with E-state index in [0.29, 0.717) is 11.0 Å². The van der Waals surface area contributed by atoms with Crippen LogP contribution in [0, 0.1) is 0 Å². The third-order valence-electron chi connectivity index (χ3n) is 4.06. The molecule has 0 saturated heterocycles. The van der Waals surface area contributed by atoms with Crippen molar-refractivity contribution in [3.63, 3.8) is 0 Å². The van der Waals surface area contributed by atoms with Gasteiger partial charge in [-0.3, -0.25) is 0 Å². The second kappa shape index (κ2) is 6.82. The maximum absolute atomic E-state index is 9.15. The number of rotatable bonds is 5. The van der Waals surface area contributed by atoms with Gasteiger partial charge in [-0.1, -0.05) is 37.4 Å². The van der Waals surface area contributed by atoms with Gasteiger partial charge in [0.15, 0.2) is 16.0 Å². The molecule has 0 radical (unpaired) electrons. The molecular weight excluding hydrogens is 360 g/mol. The van der Waals surface area contributed by atoms with Crippen molar-refractivity contribution < 1.29 is 5.11 Å². The number of hydrogen-bond acceptors (Lipinski definition) is 7. The Balaban J connectivity index is 1.98. The quantitative estimate of drug-likeness (QED) is 0.536. The smallest absolute Gasteiger partial charge is 0.197 e. The molecule has 0 aromatic carbocycles. The molecule has 3 aromatic rings. The molecule has 0 saturated carbocycles. The van der Waals surface area contributed by atoms with Crippen LogP contribution in [0.1, 0.15) is 37.1 Å². The van der Waals surface area contributed by atoms with Crippen LogP contribution in [0.4, 0.5) is 0 Å². The lowest BCUT2D eigenvalue weighted by molar-refractivity contribution is 0.322. The highest BCUT2D eigenvalue weighted by atomic mass is 32.2. The highest BCUT2D eigenvalue weighted by Gasteiger charge is 2.24. The van der Waals surface area contributed by atoms with Gasteiger partial charge in [0.1, 0.15) is 4.83 Å². The van der Waals surface area contributed by atoms with Crippen molar-refractivity contribution in [1.29, 1.82) is 0 Å². The topological polar surface area (TPSA) is 63.3 Å². The lowest BCUT2D eigenvalue weighted by atomic mass is 9.97.